The van der Waals surface area contributed by atoms with Crippen molar-refractivity contribution in [2.45, 2.75) is 74.8 Å². The number of aromatic nitrogens is 1. The predicted octanol–water partition coefficient (Wildman–Crippen LogP) is 5.04. The topological polar surface area (TPSA) is 120 Å². The zero-order valence-electron chi connectivity index (χ0n) is 22.4. The molecule has 1 unspecified atom stereocenters. The van der Waals surface area contributed by atoms with Crippen molar-refractivity contribution in [3.8, 4) is 0 Å². The summed E-state index contributed by atoms with van der Waals surface area (Å²) in [6.45, 7) is 3.14. The van der Waals surface area contributed by atoms with E-state index in [0.29, 0.717) is 18.4 Å². The van der Waals surface area contributed by atoms with Crippen molar-refractivity contribution < 1.29 is 50.9 Å². The highest BCUT2D eigenvalue weighted by Gasteiger charge is 2.46. The van der Waals surface area contributed by atoms with Crippen molar-refractivity contribution in [3.63, 3.8) is 0 Å². The Morgan fingerprint density at radius 1 is 0.905 bits per heavy atom. The number of fused-ring (bicyclic) bond motifs is 2. The molecule has 8 nitrogen and oxygen atoms in total. The van der Waals surface area contributed by atoms with Crippen LogP contribution in [-0.4, -0.2) is 69.4 Å². The first-order chi connectivity index (χ1) is 19.6. The molecule has 1 aromatic heterocycles. The second kappa shape index (κ2) is 13.5. The molecule has 1 saturated heterocycles. The minimum atomic E-state index is -5.08. The maximum atomic E-state index is 12.5. The van der Waals surface area contributed by atoms with E-state index in [-0.39, 0.29) is 11.3 Å². The molecule has 1 saturated carbocycles. The summed E-state index contributed by atoms with van der Waals surface area (Å²) in [7, 11) is 0. The van der Waals surface area contributed by atoms with Gasteiger partial charge in [0.25, 0.3) is 0 Å². The standard InChI is InChI=1S/C24H29N3O.2C2HF3O2/c28-23(26-19-8-9-19)15-18-16-24(22-7-2-1-6-21(18)22)10-13-27(14-11-24)17-20-5-3-4-12-25-20;2*3-2(4,5)1(6)7/h1-7,12,18-19H,8-11,13-17H2,(H,26,28);2*(H,6,7). The van der Waals surface area contributed by atoms with Gasteiger partial charge in [0.15, 0.2) is 0 Å². The summed E-state index contributed by atoms with van der Waals surface area (Å²) in [6.07, 6.45) is -1.85. The fourth-order valence-corrected chi connectivity index (χ4v) is 5.28. The number of rotatable bonds is 5. The molecule has 1 atom stereocenters. The van der Waals surface area contributed by atoms with Crippen LogP contribution < -0.4 is 5.32 Å². The average molecular weight is 604 g/mol. The summed E-state index contributed by atoms with van der Waals surface area (Å²) in [6, 6.07) is 15.5. The first-order valence-electron chi connectivity index (χ1n) is 13.2. The van der Waals surface area contributed by atoms with Crippen LogP contribution >= 0.6 is 0 Å². The molecular weight excluding hydrogens is 572 g/mol. The molecular formula is C28H31F6N3O5. The van der Waals surface area contributed by atoms with E-state index in [1.165, 1.54) is 24.0 Å². The third-order valence-corrected chi connectivity index (χ3v) is 7.39. The minimum Gasteiger partial charge on any atom is -0.475 e. The number of aliphatic carboxylic acids is 2. The lowest BCUT2D eigenvalue weighted by molar-refractivity contribution is -0.193. The van der Waals surface area contributed by atoms with Crippen LogP contribution in [0.15, 0.2) is 48.7 Å². The summed E-state index contributed by atoms with van der Waals surface area (Å²) in [5, 5.41) is 17.4. The third-order valence-electron chi connectivity index (χ3n) is 7.39. The molecule has 1 aromatic carbocycles. The molecule has 1 aliphatic heterocycles. The normalized spacial score (nSPS) is 19.4. The summed E-state index contributed by atoms with van der Waals surface area (Å²) in [5.41, 5.74) is 4.34. The molecule has 3 N–H and O–H groups in total. The molecule has 0 bridgehead atoms. The maximum Gasteiger partial charge on any atom is 0.490 e. The van der Waals surface area contributed by atoms with Gasteiger partial charge in [0, 0.05) is 25.2 Å². The Morgan fingerprint density at radius 3 is 1.95 bits per heavy atom. The van der Waals surface area contributed by atoms with Gasteiger partial charge in [-0.1, -0.05) is 30.3 Å². The SMILES string of the molecule is O=C(CC1CC2(CCN(Cc3ccccn3)CC2)c2ccccc21)NC1CC1.O=C(O)C(F)(F)F.O=C(O)C(F)(F)F. The second-order valence-electron chi connectivity index (χ2n) is 10.5. The lowest BCUT2D eigenvalue weighted by atomic mass is 9.73. The monoisotopic (exact) mass is 603 g/mol. The first-order valence-corrected chi connectivity index (χ1v) is 13.2. The van der Waals surface area contributed by atoms with E-state index in [1.807, 2.05) is 12.3 Å². The van der Waals surface area contributed by atoms with E-state index in [2.05, 4.69) is 51.6 Å². The Labute approximate surface area is 237 Å². The number of hydrogen-bond donors (Lipinski definition) is 3. The van der Waals surface area contributed by atoms with Crippen LogP contribution in [0.2, 0.25) is 0 Å². The van der Waals surface area contributed by atoms with Gasteiger partial charge in [-0.15, -0.1) is 0 Å². The largest absolute Gasteiger partial charge is 0.490 e. The van der Waals surface area contributed by atoms with Crippen molar-refractivity contribution >= 4 is 17.8 Å². The van der Waals surface area contributed by atoms with E-state index in [4.69, 9.17) is 19.8 Å². The molecule has 2 fully saturated rings. The van der Waals surface area contributed by atoms with Gasteiger partial charge in [-0.05, 0) is 79.8 Å². The van der Waals surface area contributed by atoms with Crippen LogP contribution in [0.4, 0.5) is 26.3 Å². The Balaban J connectivity index is 0.000000289. The lowest BCUT2D eigenvalue weighted by Crippen LogP contribution is -2.41. The van der Waals surface area contributed by atoms with Crippen LogP contribution in [0.1, 0.15) is 61.3 Å². The van der Waals surface area contributed by atoms with Crippen LogP contribution in [0, 0.1) is 0 Å². The van der Waals surface area contributed by atoms with Crippen molar-refractivity contribution in [2.24, 2.45) is 0 Å². The highest BCUT2D eigenvalue weighted by atomic mass is 19.4. The molecule has 14 heteroatoms. The maximum absolute atomic E-state index is 12.5. The number of piperidine rings is 1. The number of halogens is 6. The van der Waals surface area contributed by atoms with Gasteiger partial charge in [0.2, 0.25) is 5.91 Å². The quantitative estimate of drug-likeness (QED) is 0.410. The lowest BCUT2D eigenvalue weighted by Gasteiger charge is -2.40. The molecule has 2 aliphatic carbocycles. The summed E-state index contributed by atoms with van der Waals surface area (Å²) in [4.78, 5) is 37.3. The van der Waals surface area contributed by atoms with E-state index >= 15 is 0 Å². The molecule has 2 heterocycles. The highest BCUT2D eigenvalue weighted by Crippen LogP contribution is 2.52. The molecule has 2 aromatic rings. The van der Waals surface area contributed by atoms with E-state index in [0.717, 1.165) is 44.6 Å². The van der Waals surface area contributed by atoms with Crippen molar-refractivity contribution in [3.05, 3.63) is 65.5 Å². The van der Waals surface area contributed by atoms with E-state index in [9.17, 15) is 31.1 Å². The number of pyridine rings is 1. The number of alkyl halides is 6. The summed E-state index contributed by atoms with van der Waals surface area (Å²) in [5.74, 6) is -4.90. The fraction of sp³-hybridized carbons (Fsp3) is 0.500. The van der Waals surface area contributed by atoms with Gasteiger partial charge in [-0.3, -0.25) is 14.7 Å². The highest BCUT2D eigenvalue weighted by molar-refractivity contribution is 5.78. The van der Waals surface area contributed by atoms with Gasteiger partial charge in [0.05, 0.1) is 5.69 Å². The van der Waals surface area contributed by atoms with E-state index in [1.54, 1.807) is 0 Å². The van der Waals surface area contributed by atoms with Crippen molar-refractivity contribution in [1.82, 2.24) is 15.2 Å². The third kappa shape index (κ3) is 9.43. The van der Waals surface area contributed by atoms with Gasteiger partial charge in [0.1, 0.15) is 0 Å². The van der Waals surface area contributed by atoms with Gasteiger partial charge < -0.3 is 15.5 Å². The fourth-order valence-electron chi connectivity index (χ4n) is 5.28. The number of carboxylic acid groups (broad SMARTS) is 2. The van der Waals surface area contributed by atoms with Gasteiger partial charge in [-0.2, -0.15) is 26.3 Å². The summed E-state index contributed by atoms with van der Waals surface area (Å²) >= 11 is 0. The first kappa shape index (κ1) is 32.8. The van der Waals surface area contributed by atoms with Crippen LogP contribution in [0.3, 0.4) is 0 Å². The molecule has 1 spiro atoms. The molecule has 3 aliphatic rings. The number of nitrogens with zero attached hydrogens (tertiary/aromatic N) is 2. The smallest absolute Gasteiger partial charge is 0.475 e. The number of carbonyl (C=O) groups is 3. The van der Waals surface area contributed by atoms with Crippen LogP contribution in [0.5, 0.6) is 0 Å². The molecule has 230 valence electrons. The van der Waals surface area contributed by atoms with Gasteiger partial charge >= 0.3 is 24.3 Å². The predicted molar refractivity (Wildman–Crippen MR) is 137 cm³/mol. The number of nitrogens with one attached hydrogen (secondary N) is 1. The number of carbonyl (C=O) groups excluding carboxylic acids is 1. The number of carboxylic acids is 2. The molecule has 5 rings (SSSR count). The Kier molecular flexibility index (Phi) is 10.6. The van der Waals surface area contributed by atoms with Crippen molar-refractivity contribution in [1.29, 1.82) is 0 Å². The molecule has 1 amide bonds. The average Bonchev–Trinajstić information content (AvgIpc) is 3.68. The number of hydrogen-bond acceptors (Lipinski definition) is 5. The number of likely N-dealkylation sites (tertiary alicyclic amines) is 1. The second-order valence-corrected chi connectivity index (χ2v) is 10.5. The zero-order valence-corrected chi connectivity index (χ0v) is 22.4. The number of benzene rings is 1. The zero-order chi connectivity index (χ0) is 31.1. The Bertz CT molecular complexity index is 1200. The molecule has 42 heavy (non-hydrogen) atoms. The molecule has 0 radical (unpaired) electrons. The van der Waals surface area contributed by atoms with Crippen LogP contribution in [0.25, 0.3) is 0 Å². The van der Waals surface area contributed by atoms with E-state index < -0.39 is 24.3 Å². The van der Waals surface area contributed by atoms with Crippen LogP contribution in [-0.2, 0) is 26.3 Å². The van der Waals surface area contributed by atoms with Gasteiger partial charge in [-0.25, -0.2) is 9.59 Å². The number of amides is 1. The summed E-state index contributed by atoms with van der Waals surface area (Å²) < 4.78 is 63.5. The minimum absolute atomic E-state index is 0.243. The Morgan fingerprint density at radius 2 is 1.45 bits per heavy atom. The van der Waals surface area contributed by atoms with Crippen molar-refractivity contribution in [2.75, 3.05) is 13.1 Å². The Hall–Kier alpha value is -3.68.